The number of hydrogen-bond acceptors (Lipinski definition) is 6. The number of halogens is 1. The van der Waals surface area contributed by atoms with E-state index in [-0.39, 0.29) is 28.5 Å². The molecular weight excluding hydrogens is 422 g/mol. The van der Waals surface area contributed by atoms with Crippen LogP contribution in [-0.4, -0.2) is 38.7 Å². The van der Waals surface area contributed by atoms with Crippen LogP contribution >= 0.6 is 11.6 Å². The molecule has 0 aliphatic carbocycles. The topological polar surface area (TPSA) is 119 Å². The number of carbonyl (C=O) groups excluding carboxylic acids is 1. The van der Waals surface area contributed by atoms with E-state index in [1.165, 1.54) is 31.4 Å². The molecular formula is C18H20ClN3O6S. The summed E-state index contributed by atoms with van der Waals surface area (Å²) in [6.07, 6.45) is 1.14. The number of benzene rings is 2. The Labute approximate surface area is 173 Å². The minimum absolute atomic E-state index is 0.0208. The summed E-state index contributed by atoms with van der Waals surface area (Å²) >= 11 is 6.03. The van der Waals surface area contributed by atoms with Crippen molar-refractivity contribution in [1.29, 1.82) is 0 Å². The molecule has 156 valence electrons. The van der Waals surface area contributed by atoms with Crippen LogP contribution in [0.3, 0.4) is 0 Å². The van der Waals surface area contributed by atoms with Crippen LogP contribution in [0, 0.1) is 10.1 Å². The molecule has 0 aliphatic heterocycles. The SMILES string of the molecule is CC[C@@H](C(=O)Nc1cc([N+](=O)[O-])ccc1Cl)N(c1ccc(OC)cc1)S(C)(=O)=O. The number of rotatable bonds is 8. The number of ether oxygens (including phenoxy) is 1. The molecule has 1 amide bonds. The molecule has 0 unspecified atom stereocenters. The molecule has 11 heteroatoms. The summed E-state index contributed by atoms with van der Waals surface area (Å²) in [6.45, 7) is 1.65. The van der Waals surface area contributed by atoms with Crippen molar-refractivity contribution in [3.63, 3.8) is 0 Å². The third-order valence-corrected chi connectivity index (χ3v) is 5.58. The van der Waals surface area contributed by atoms with Crippen molar-refractivity contribution in [3.05, 3.63) is 57.6 Å². The monoisotopic (exact) mass is 441 g/mol. The average Bonchev–Trinajstić information content (AvgIpc) is 2.66. The highest BCUT2D eigenvalue weighted by atomic mass is 35.5. The lowest BCUT2D eigenvalue weighted by Gasteiger charge is -2.30. The van der Waals surface area contributed by atoms with Crippen molar-refractivity contribution in [2.75, 3.05) is 23.0 Å². The van der Waals surface area contributed by atoms with Crippen molar-refractivity contribution >= 4 is 44.6 Å². The summed E-state index contributed by atoms with van der Waals surface area (Å²) in [4.78, 5) is 23.2. The smallest absolute Gasteiger partial charge is 0.271 e. The lowest BCUT2D eigenvalue weighted by atomic mass is 10.1. The van der Waals surface area contributed by atoms with Crippen LogP contribution in [-0.2, 0) is 14.8 Å². The maximum atomic E-state index is 12.9. The lowest BCUT2D eigenvalue weighted by Crippen LogP contribution is -2.47. The maximum Gasteiger partial charge on any atom is 0.271 e. The minimum atomic E-state index is -3.83. The Morgan fingerprint density at radius 2 is 1.90 bits per heavy atom. The number of nitro benzene ring substituents is 1. The standard InChI is InChI=1S/C18H20ClN3O6S/c1-4-17(18(23)20-16-11-13(22(24)25)7-10-15(16)19)21(29(3,26)27)12-5-8-14(28-2)9-6-12/h5-11,17H,4H2,1-3H3,(H,20,23)/t17-/m0/s1. The van der Waals surface area contributed by atoms with Gasteiger partial charge in [0.25, 0.3) is 5.69 Å². The fraction of sp³-hybridized carbons (Fsp3) is 0.278. The molecule has 0 bridgehead atoms. The molecule has 0 saturated heterocycles. The van der Waals surface area contributed by atoms with E-state index in [9.17, 15) is 23.3 Å². The third kappa shape index (κ3) is 5.36. The second kappa shape index (κ2) is 9.10. The van der Waals surface area contributed by atoms with Gasteiger partial charge in [-0.25, -0.2) is 8.42 Å². The van der Waals surface area contributed by atoms with Gasteiger partial charge in [-0.15, -0.1) is 0 Å². The number of hydrogen-bond donors (Lipinski definition) is 1. The Kier molecular flexibility index (Phi) is 7.04. The van der Waals surface area contributed by atoms with Crippen LogP contribution in [0.15, 0.2) is 42.5 Å². The molecule has 0 saturated carbocycles. The van der Waals surface area contributed by atoms with Crippen molar-refractivity contribution in [2.24, 2.45) is 0 Å². The second-order valence-electron chi connectivity index (χ2n) is 6.09. The summed E-state index contributed by atoms with van der Waals surface area (Å²) < 4.78 is 31.0. The highest BCUT2D eigenvalue weighted by Gasteiger charge is 2.32. The van der Waals surface area contributed by atoms with Crippen LogP contribution in [0.1, 0.15) is 13.3 Å². The van der Waals surface area contributed by atoms with Gasteiger partial charge in [0.15, 0.2) is 0 Å². The molecule has 2 aromatic carbocycles. The predicted octanol–water partition coefficient (Wildman–Crippen LogP) is 3.44. The first-order valence-corrected chi connectivity index (χ1v) is 10.7. The molecule has 0 radical (unpaired) electrons. The zero-order chi connectivity index (χ0) is 21.8. The van der Waals surface area contributed by atoms with Gasteiger partial charge in [0.05, 0.1) is 34.7 Å². The van der Waals surface area contributed by atoms with Crippen molar-refractivity contribution in [3.8, 4) is 5.75 Å². The zero-order valence-electron chi connectivity index (χ0n) is 16.0. The maximum absolute atomic E-state index is 12.9. The van der Waals surface area contributed by atoms with Gasteiger partial charge in [0.1, 0.15) is 11.8 Å². The highest BCUT2D eigenvalue weighted by molar-refractivity contribution is 7.92. The van der Waals surface area contributed by atoms with Crippen LogP contribution in [0.25, 0.3) is 0 Å². The van der Waals surface area contributed by atoms with E-state index in [1.54, 1.807) is 19.1 Å². The highest BCUT2D eigenvalue weighted by Crippen LogP contribution is 2.29. The minimum Gasteiger partial charge on any atom is -0.497 e. The molecule has 1 N–H and O–H groups in total. The van der Waals surface area contributed by atoms with Crippen LogP contribution in [0.2, 0.25) is 5.02 Å². The van der Waals surface area contributed by atoms with Gasteiger partial charge in [-0.3, -0.25) is 19.2 Å². The third-order valence-electron chi connectivity index (χ3n) is 4.08. The number of nitro groups is 1. The fourth-order valence-electron chi connectivity index (χ4n) is 2.73. The fourth-order valence-corrected chi connectivity index (χ4v) is 4.10. The first-order valence-electron chi connectivity index (χ1n) is 8.46. The van der Waals surface area contributed by atoms with Crippen LogP contribution < -0.4 is 14.4 Å². The summed E-state index contributed by atoms with van der Waals surface area (Å²) in [5, 5.41) is 13.6. The summed E-state index contributed by atoms with van der Waals surface area (Å²) in [7, 11) is -2.35. The van der Waals surface area contributed by atoms with Crippen molar-refractivity contribution in [2.45, 2.75) is 19.4 Å². The van der Waals surface area contributed by atoms with Crippen LogP contribution in [0.5, 0.6) is 5.75 Å². The van der Waals surface area contributed by atoms with E-state index < -0.39 is 26.9 Å². The van der Waals surface area contributed by atoms with Gasteiger partial charge in [-0.05, 0) is 36.8 Å². The van der Waals surface area contributed by atoms with E-state index in [2.05, 4.69) is 5.32 Å². The first kappa shape index (κ1) is 22.4. The number of carbonyl (C=O) groups is 1. The van der Waals surface area contributed by atoms with E-state index in [4.69, 9.17) is 16.3 Å². The molecule has 0 aromatic heterocycles. The molecule has 2 rings (SSSR count). The molecule has 1 atom stereocenters. The Balaban J connectivity index is 2.41. The summed E-state index contributed by atoms with van der Waals surface area (Å²) in [5.41, 5.74) is 0.0424. The lowest BCUT2D eigenvalue weighted by molar-refractivity contribution is -0.384. The summed E-state index contributed by atoms with van der Waals surface area (Å²) in [5.74, 6) is -0.140. The number of nitrogens with one attached hydrogen (secondary N) is 1. The van der Waals surface area contributed by atoms with E-state index in [0.29, 0.717) is 5.75 Å². The van der Waals surface area contributed by atoms with Gasteiger partial charge in [0, 0.05) is 12.1 Å². The number of anilines is 2. The first-order chi connectivity index (χ1) is 13.6. The molecule has 0 fully saturated rings. The Morgan fingerprint density at radius 1 is 1.28 bits per heavy atom. The molecule has 2 aromatic rings. The molecule has 0 spiro atoms. The predicted molar refractivity (Wildman–Crippen MR) is 111 cm³/mol. The largest absolute Gasteiger partial charge is 0.497 e. The van der Waals surface area contributed by atoms with Gasteiger partial charge in [-0.1, -0.05) is 18.5 Å². The molecule has 0 heterocycles. The summed E-state index contributed by atoms with van der Waals surface area (Å²) in [6, 6.07) is 8.71. The number of non-ortho nitro benzene ring substituents is 1. The Bertz CT molecular complexity index is 1010. The van der Waals surface area contributed by atoms with Gasteiger partial charge < -0.3 is 10.1 Å². The number of amides is 1. The second-order valence-corrected chi connectivity index (χ2v) is 8.36. The Morgan fingerprint density at radius 3 is 2.38 bits per heavy atom. The molecule has 9 nitrogen and oxygen atoms in total. The van der Waals surface area contributed by atoms with Crippen molar-refractivity contribution in [1.82, 2.24) is 0 Å². The number of nitrogens with zero attached hydrogens (tertiary/aromatic N) is 2. The molecule has 0 aliphatic rings. The zero-order valence-corrected chi connectivity index (χ0v) is 17.5. The molecule has 29 heavy (non-hydrogen) atoms. The number of methoxy groups -OCH3 is 1. The van der Waals surface area contributed by atoms with Gasteiger partial charge in [-0.2, -0.15) is 0 Å². The number of sulfonamides is 1. The normalized spacial score (nSPS) is 12.1. The van der Waals surface area contributed by atoms with E-state index >= 15 is 0 Å². The Hall–Kier alpha value is -2.85. The van der Waals surface area contributed by atoms with E-state index in [0.717, 1.165) is 16.6 Å². The van der Waals surface area contributed by atoms with Crippen LogP contribution in [0.4, 0.5) is 17.1 Å². The quantitative estimate of drug-likeness (QED) is 0.495. The van der Waals surface area contributed by atoms with Crippen molar-refractivity contribution < 1.29 is 22.9 Å². The van der Waals surface area contributed by atoms with E-state index in [1.807, 2.05) is 0 Å². The average molecular weight is 442 g/mol. The van der Waals surface area contributed by atoms with Gasteiger partial charge >= 0.3 is 0 Å². The van der Waals surface area contributed by atoms with Gasteiger partial charge in [0.2, 0.25) is 15.9 Å².